The van der Waals surface area contributed by atoms with E-state index >= 15 is 0 Å². The van der Waals surface area contributed by atoms with Crippen LogP contribution in [0.25, 0.3) is 0 Å². The molecule has 0 amide bonds. The van der Waals surface area contributed by atoms with Crippen molar-refractivity contribution < 1.29 is 5.48 Å². The van der Waals surface area contributed by atoms with Gasteiger partial charge in [-0.2, -0.15) is 0 Å². The fourth-order valence-corrected chi connectivity index (χ4v) is 1.39. The van der Waals surface area contributed by atoms with Crippen LogP contribution in [-0.4, -0.2) is 41.0 Å². The Morgan fingerprint density at radius 2 is 2.18 bits per heavy atom. The normalized spacial score (nSPS) is 39.8. The lowest BCUT2D eigenvalue weighted by Gasteiger charge is -2.41. The van der Waals surface area contributed by atoms with Gasteiger partial charge in [0.15, 0.2) is 0 Å². The first-order valence-corrected chi connectivity index (χ1v) is 4.14. The number of nitrogens with zero attached hydrogens (tertiary/aromatic N) is 1. The van der Waals surface area contributed by atoms with E-state index in [1.54, 1.807) is 0 Å². The average molecular weight is 201 g/mol. The summed E-state index contributed by atoms with van der Waals surface area (Å²) in [6.07, 6.45) is 0. The molecule has 3 N–H and O–H groups in total. The van der Waals surface area contributed by atoms with E-state index < -0.39 is 5.00 Å². The van der Waals surface area contributed by atoms with Crippen LogP contribution in [0.4, 0.5) is 0 Å². The minimum atomic E-state index is -0.445. The highest BCUT2D eigenvalue weighted by Gasteiger charge is 2.37. The third-order valence-corrected chi connectivity index (χ3v) is 3.18. The van der Waals surface area contributed by atoms with Gasteiger partial charge in [0.25, 0.3) is 0 Å². The van der Waals surface area contributed by atoms with Crippen LogP contribution in [0, 0.1) is 0 Å². The quantitative estimate of drug-likeness (QED) is 0.450. The molecule has 11 heavy (non-hydrogen) atoms. The molecule has 5 heteroatoms. The third kappa shape index (κ3) is 2.20. The number of hydrogen-bond acceptors (Lipinski definition) is 2. The SMILES string of the molecule is CN1CCNC(Cl)C1(C)Cl.O. The van der Waals surface area contributed by atoms with Gasteiger partial charge < -0.3 is 5.48 Å². The standard InChI is InChI=1S/C6H12Cl2N2.H2O/c1-6(8)5(7)9-3-4-10(6)2;/h5,9H,3-4H2,1-2H3;1H2. The lowest BCUT2D eigenvalue weighted by atomic mass is 10.2. The molecule has 2 unspecified atom stereocenters. The van der Waals surface area contributed by atoms with Gasteiger partial charge in [-0.05, 0) is 14.0 Å². The molecule has 1 saturated heterocycles. The number of likely N-dealkylation sites (N-methyl/N-ethyl adjacent to an activating group) is 1. The summed E-state index contributed by atoms with van der Waals surface area (Å²) in [6, 6.07) is 0. The maximum atomic E-state index is 6.10. The Kier molecular flexibility index (Phi) is 4.08. The van der Waals surface area contributed by atoms with E-state index in [1.807, 2.05) is 18.9 Å². The van der Waals surface area contributed by atoms with Crippen molar-refractivity contribution in [1.82, 2.24) is 10.2 Å². The number of alkyl halides is 2. The van der Waals surface area contributed by atoms with Crippen molar-refractivity contribution in [3.63, 3.8) is 0 Å². The summed E-state index contributed by atoms with van der Waals surface area (Å²) in [6.45, 7) is 3.77. The van der Waals surface area contributed by atoms with Gasteiger partial charge >= 0.3 is 0 Å². The predicted molar refractivity (Wildman–Crippen MR) is 48.1 cm³/mol. The lowest BCUT2D eigenvalue weighted by molar-refractivity contribution is 0.163. The summed E-state index contributed by atoms with van der Waals surface area (Å²) in [7, 11) is 1.98. The highest BCUT2D eigenvalue weighted by Crippen LogP contribution is 2.27. The molecule has 3 nitrogen and oxygen atoms in total. The summed E-state index contributed by atoms with van der Waals surface area (Å²) in [4.78, 5) is 1.60. The first-order chi connectivity index (χ1) is 4.55. The van der Waals surface area contributed by atoms with Crippen LogP contribution < -0.4 is 5.32 Å². The smallest absolute Gasteiger partial charge is 0.122 e. The van der Waals surface area contributed by atoms with E-state index in [2.05, 4.69) is 5.32 Å². The Bertz CT molecular complexity index is 120. The maximum absolute atomic E-state index is 6.10. The fraction of sp³-hybridized carbons (Fsp3) is 1.00. The first kappa shape index (κ1) is 11.5. The van der Waals surface area contributed by atoms with Crippen LogP contribution >= 0.6 is 23.2 Å². The summed E-state index contributed by atoms with van der Waals surface area (Å²) in [5.74, 6) is 0. The molecule has 1 fully saturated rings. The van der Waals surface area contributed by atoms with Gasteiger partial charge in [0.1, 0.15) is 10.5 Å². The second-order valence-electron chi connectivity index (χ2n) is 2.76. The van der Waals surface area contributed by atoms with Crippen LogP contribution in [-0.2, 0) is 0 Å². The molecule has 0 aromatic heterocycles. The van der Waals surface area contributed by atoms with Crippen molar-refractivity contribution in [1.29, 1.82) is 0 Å². The van der Waals surface area contributed by atoms with E-state index in [1.165, 1.54) is 0 Å². The largest absolute Gasteiger partial charge is 0.412 e. The lowest BCUT2D eigenvalue weighted by Crippen LogP contribution is -2.59. The van der Waals surface area contributed by atoms with Gasteiger partial charge in [0.05, 0.1) is 0 Å². The zero-order valence-electron chi connectivity index (χ0n) is 6.69. The minimum Gasteiger partial charge on any atom is -0.412 e. The highest BCUT2D eigenvalue weighted by molar-refractivity contribution is 6.32. The van der Waals surface area contributed by atoms with Crippen LogP contribution in [0.5, 0.6) is 0 Å². The molecular weight excluding hydrogens is 187 g/mol. The number of rotatable bonds is 0. The molecule has 0 aromatic rings. The Labute approximate surface area is 77.0 Å². The molecule has 0 aliphatic carbocycles. The molecule has 0 aromatic carbocycles. The molecule has 0 radical (unpaired) electrons. The van der Waals surface area contributed by atoms with E-state index in [9.17, 15) is 0 Å². The second kappa shape index (κ2) is 3.92. The van der Waals surface area contributed by atoms with E-state index in [4.69, 9.17) is 23.2 Å². The van der Waals surface area contributed by atoms with Crippen molar-refractivity contribution in [3.8, 4) is 0 Å². The van der Waals surface area contributed by atoms with E-state index in [-0.39, 0.29) is 11.0 Å². The fourth-order valence-electron chi connectivity index (χ4n) is 0.957. The molecule has 1 rings (SSSR count). The average Bonchev–Trinajstić information content (AvgIpc) is 1.84. The van der Waals surface area contributed by atoms with E-state index in [0.717, 1.165) is 13.1 Å². The molecule has 2 atom stereocenters. The third-order valence-electron chi connectivity index (χ3n) is 1.98. The van der Waals surface area contributed by atoms with Crippen molar-refractivity contribution in [3.05, 3.63) is 0 Å². The van der Waals surface area contributed by atoms with Gasteiger partial charge in [-0.25, -0.2) is 0 Å². The number of nitrogens with one attached hydrogen (secondary N) is 1. The molecule has 1 heterocycles. The molecule has 0 saturated carbocycles. The molecule has 1 aliphatic heterocycles. The predicted octanol–water partition coefficient (Wildman–Crippen LogP) is 0.217. The van der Waals surface area contributed by atoms with E-state index in [0.29, 0.717) is 0 Å². The molecular formula is C6H14Cl2N2O. The minimum absolute atomic E-state index is 0. The summed E-state index contributed by atoms with van der Waals surface area (Å²) >= 11 is 12.0. The topological polar surface area (TPSA) is 46.8 Å². The van der Waals surface area contributed by atoms with Gasteiger partial charge in [-0.15, -0.1) is 11.6 Å². The Morgan fingerprint density at radius 3 is 2.55 bits per heavy atom. The maximum Gasteiger partial charge on any atom is 0.122 e. The zero-order chi connectivity index (χ0) is 7.78. The van der Waals surface area contributed by atoms with Crippen LogP contribution in [0.1, 0.15) is 6.92 Å². The Balaban J connectivity index is 0.000001000. The van der Waals surface area contributed by atoms with Crippen LogP contribution in [0.2, 0.25) is 0 Å². The monoisotopic (exact) mass is 200 g/mol. The summed E-state index contributed by atoms with van der Waals surface area (Å²) in [5, 5.41) is 3.09. The molecule has 1 aliphatic rings. The molecule has 0 bridgehead atoms. The van der Waals surface area contributed by atoms with Gasteiger partial charge in [0, 0.05) is 13.1 Å². The van der Waals surface area contributed by atoms with Crippen molar-refractivity contribution in [2.45, 2.75) is 17.4 Å². The number of halogens is 2. The first-order valence-electron chi connectivity index (χ1n) is 3.33. The Morgan fingerprint density at radius 1 is 1.64 bits per heavy atom. The molecule has 0 spiro atoms. The van der Waals surface area contributed by atoms with Crippen LogP contribution in [0.15, 0.2) is 0 Å². The highest BCUT2D eigenvalue weighted by atomic mass is 35.5. The number of piperazine rings is 1. The number of hydrogen-bond donors (Lipinski definition) is 1. The Hall–Kier alpha value is 0.460. The van der Waals surface area contributed by atoms with Crippen molar-refractivity contribution in [2.24, 2.45) is 0 Å². The second-order valence-corrected chi connectivity index (χ2v) is 3.96. The van der Waals surface area contributed by atoms with Gasteiger partial charge in [0.2, 0.25) is 0 Å². The van der Waals surface area contributed by atoms with Gasteiger partial charge in [-0.1, -0.05) is 11.6 Å². The van der Waals surface area contributed by atoms with Crippen LogP contribution in [0.3, 0.4) is 0 Å². The molecule has 68 valence electrons. The summed E-state index contributed by atoms with van der Waals surface area (Å²) in [5.41, 5.74) is -0.159. The van der Waals surface area contributed by atoms with Crippen molar-refractivity contribution >= 4 is 23.2 Å². The zero-order valence-corrected chi connectivity index (χ0v) is 8.21. The summed E-state index contributed by atoms with van der Waals surface area (Å²) < 4.78 is 0. The van der Waals surface area contributed by atoms with Gasteiger partial charge in [-0.3, -0.25) is 10.2 Å². The van der Waals surface area contributed by atoms with Crippen molar-refractivity contribution in [2.75, 3.05) is 20.1 Å².